The Balaban J connectivity index is 1.82. The van der Waals surface area contributed by atoms with Gasteiger partial charge in [-0.25, -0.2) is 0 Å². The van der Waals surface area contributed by atoms with Crippen molar-refractivity contribution in [1.29, 1.82) is 0 Å². The van der Waals surface area contributed by atoms with E-state index in [1.165, 1.54) is 31.3 Å². The van der Waals surface area contributed by atoms with E-state index >= 15 is 0 Å². The lowest BCUT2D eigenvalue weighted by atomic mass is 9.94. The first kappa shape index (κ1) is 28.5. The van der Waals surface area contributed by atoms with E-state index in [0.717, 1.165) is 17.7 Å². The van der Waals surface area contributed by atoms with Crippen LogP contribution in [0.3, 0.4) is 0 Å². The molecule has 0 aromatic heterocycles. The van der Waals surface area contributed by atoms with Gasteiger partial charge in [0.05, 0.1) is 32.4 Å². The number of aliphatic hydroxyl groups is 1. The fourth-order valence-corrected chi connectivity index (χ4v) is 4.59. The molecule has 0 aliphatic carbocycles. The second-order valence-corrected chi connectivity index (χ2v) is 9.50. The van der Waals surface area contributed by atoms with Crippen LogP contribution in [-0.2, 0) is 16.1 Å². The number of nitrogens with zero attached hydrogens (tertiary/aromatic N) is 1. The van der Waals surface area contributed by atoms with Crippen molar-refractivity contribution < 1.29 is 42.1 Å². The second-order valence-electron chi connectivity index (χ2n) is 9.50. The van der Waals surface area contributed by atoms with E-state index in [4.69, 9.17) is 9.47 Å². The quantitative estimate of drug-likeness (QED) is 0.198. The first-order valence-corrected chi connectivity index (χ1v) is 12.4. The highest BCUT2D eigenvalue weighted by atomic mass is 19.4. The zero-order valence-electron chi connectivity index (χ0n) is 22.3. The van der Waals surface area contributed by atoms with Crippen LogP contribution in [0.5, 0.6) is 17.2 Å². The summed E-state index contributed by atoms with van der Waals surface area (Å²) in [7, 11) is 2.94. The molecule has 1 atom stereocenters. The fourth-order valence-electron chi connectivity index (χ4n) is 4.59. The number of methoxy groups -OCH3 is 2. The third-order valence-corrected chi connectivity index (χ3v) is 6.66. The van der Waals surface area contributed by atoms with Crippen molar-refractivity contribution >= 4 is 17.4 Å². The summed E-state index contributed by atoms with van der Waals surface area (Å²) < 4.78 is 52.8. The van der Waals surface area contributed by atoms with Crippen LogP contribution in [0, 0.1) is 0 Å². The standard InChI is InChI=1S/C30H28F3NO6/c1-17(2)18-5-7-20(8-6-18)27(35)25-26(19-9-12-22(13-10-19)40-30(31,32)33)34(29(37)28(25)36)16-21-11-14-23(38-3)15-24(21)39-4/h5-15,17,26,35H,16H2,1-4H3. The molecular weight excluding hydrogens is 527 g/mol. The van der Waals surface area contributed by atoms with Crippen LogP contribution in [0.4, 0.5) is 13.2 Å². The molecule has 1 fully saturated rings. The second kappa shape index (κ2) is 11.3. The van der Waals surface area contributed by atoms with Gasteiger partial charge in [0, 0.05) is 17.2 Å². The minimum atomic E-state index is -4.89. The summed E-state index contributed by atoms with van der Waals surface area (Å²) in [5.74, 6) is -1.49. The van der Waals surface area contributed by atoms with Crippen molar-refractivity contribution in [3.05, 3.63) is 94.6 Å². The number of aliphatic hydroxyl groups excluding tert-OH is 1. The highest BCUT2D eigenvalue weighted by Crippen LogP contribution is 2.42. The molecule has 1 heterocycles. The minimum absolute atomic E-state index is 0.0910. The fraction of sp³-hybridized carbons (Fsp3) is 0.267. The molecule has 1 amide bonds. The molecule has 1 aliphatic heterocycles. The molecule has 3 aromatic carbocycles. The predicted molar refractivity (Wildman–Crippen MR) is 141 cm³/mol. The van der Waals surface area contributed by atoms with Crippen LogP contribution < -0.4 is 14.2 Å². The third kappa shape index (κ3) is 5.90. The summed E-state index contributed by atoms with van der Waals surface area (Å²) in [4.78, 5) is 28.0. The molecule has 0 bridgehead atoms. The highest BCUT2D eigenvalue weighted by molar-refractivity contribution is 6.46. The number of hydrogen-bond acceptors (Lipinski definition) is 6. The number of halogens is 3. The largest absolute Gasteiger partial charge is 0.573 e. The maximum Gasteiger partial charge on any atom is 0.573 e. The van der Waals surface area contributed by atoms with Crippen LogP contribution >= 0.6 is 0 Å². The van der Waals surface area contributed by atoms with Crippen LogP contribution in [0.15, 0.2) is 72.3 Å². The Hall–Kier alpha value is -4.47. The zero-order chi connectivity index (χ0) is 29.2. The Bertz CT molecular complexity index is 1430. The van der Waals surface area contributed by atoms with Crippen LogP contribution in [0.25, 0.3) is 5.76 Å². The molecule has 10 heteroatoms. The van der Waals surface area contributed by atoms with E-state index < -0.39 is 35.6 Å². The van der Waals surface area contributed by atoms with Gasteiger partial charge in [-0.05, 0) is 41.3 Å². The molecule has 0 radical (unpaired) electrons. The predicted octanol–water partition coefficient (Wildman–Crippen LogP) is 6.35. The summed E-state index contributed by atoms with van der Waals surface area (Å²) in [6.07, 6.45) is -4.89. The van der Waals surface area contributed by atoms with E-state index in [-0.39, 0.29) is 18.0 Å². The smallest absolute Gasteiger partial charge is 0.507 e. The molecule has 1 saturated heterocycles. The average Bonchev–Trinajstić information content (AvgIpc) is 3.17. The number of hydrogen-bond donors (Lipinski definition) is 1. The Morgan fingerprint density at radius 1 is 0.925 bits per heavy atom. The van der Waals surface area contributed by atoms with E-state index in [9.17, 15) is 27.9 Å². The number of carbonyl (C=O) groups excluding carboxylic acids is 2. The molecule has 0 saturated carbocycles. The number of amides is 1. The lowest BCUT2D eigenvalue weighted by Crippen LogP contribution is -2.29. The van der Waals surface area contributed by atoms with Crippen LogP contribution in [-0.4, -0.2) is 42.3 Å². The lowest BCUT2D eigenvalue weighted by Gasteiger charge is -2.26. The van der Waals surface area contributed by atoms with Gasteiger partial charge in [-0.1, -0.05) is 50.2 Å². The van der Waals surface area contributed by atoms with Gasteiger partial charge in [-0.15, -0.1) is 13.2 Å². The molecule has 7 nitrogen and oxygen atoms in total. The minimum Gasteiger partial charge on any atom is -0.507 e. The third-order valence-electron chi connectivity index (χ3n) is 6.66. The van der Waals surface area contributed by atoms with Crippen LogP contribution in [0.2, 0.25) is 0 Å². The SMILES string of the molecule is COc1ccc(CN2C(=O)C(=O)C(=C(O)c3ccc(C(C)C)cc3)C2c2ccc(OC(F)(F)F)cc2)c(OC)c1. The summed E-state index contributed by atoms with van der Waals surface area (Å²) in [6.45, 7) is 3.94. The molecule has 3 aromatic rings. The van der Waals surface area contributed by atoms with E-state index in [1.807, 2.05) is 26.0 Å². The number of carbonyl (C=O) groups is 2. The van der Waals surface area contributed by atoms with Gasteiger partial charge in [0.2, 0.25) is 0 Å². The number of ketones is 1. The Morgan fingerprint density at radius 2 is 1.55 bits per heavy atom. The van der Waals surface area contributed by atoms with Gasteiger partial charge in [0.1, 0.15) is 23.0 Å². The summed E-state index contributed by atoms with van der Waals surface area (Å²) >= 11 is 0. The number of alkyl halides is 3. The maximum absolute atomic E-state index is 13.4. The van der Waals surface area contributed by atoms with Crippen LogP contribution in [0.1, 0.15) is 48.1 Å². The normalized spacial score (nSPS) is 16.9. The van der Waals surface area contributed by atoms with Gasteiger partial charge >= 0.3 is 6.36 Å². The van der Waals surface area contributed by atoms with Crippen molar-refractivity contribution in [2.45, 2.75) is 38.7 Å². The van der Waals surface area contributed by atoms with Gasteiger partial charge in [0.25, 0.3) is 11.7 Å². The first-order chi connectivity index (χ1) is 18.9. The lowest BCUT2D eigenvalue weighted by molar-refractivity contribution is -0.274. The molecular formula is C30H28F3NO6. The van der Waals surface area contributed by atoms with Crippen molar-refractivity contribution in [2.75, 3.05) is 14.2 Å². The summed E-state index contributed by atoms with van der Waals surface area (Å²) in [6, 6.07) is 15.6. The molecule has 1 aliphatic rings. The molecule has 0 spiro atoms. The monoisotopic (exact) mass is 555 g/mol. The van der Waals surface area contributed by atoms with Crippen molar-refractivity contribution in [3.8, 4) is 17.2 Å². The Labute approximate surface area is 229 Å². The molecule has 210 valence electrons. The van der Waals surface area contributed by atoms with Crippen molar-refractivity contribution in [1.82, 2.24) is 4.90 Å². The summed E-state index contributed by atoms with van der Waals surface area (Å²) in [5, 5.41) is 11.3. The molecule has 4 rings (SSSR count). The topological polar surface area (TPSA) is 85.3 Å². The van der Waals surface area contributed by atoms with E-state index in [0.29, 0.717) is 28.2 Å². The zero-order valence-corrected chi connectivity index (χ0v) is 22.3. The summed E-state index contributed by atoms with van der Waals surface area (Å²) in [5.41, 5.74) is 2.01. The molecule has 1 N–H and O–H groups in total. The van der Waals surface area contributed by atoms with Crippen molar-refractivity contribution in [3.63, 3.8) is 0 Å². The van der Waals surface area contributed by atoms with Gasteiger partial charge in [0.15, 0.2) is 0 Å². The van der Waals surface area contributed by atoms with E-state index in [2.05, 4.69) is 4.74 Å². The Morgan fingerprint density at radius 3 is 2.10 bits per heavy atom. The Kier molecular flexibility index (Phi) is 8.08. The van der Waals surface area contributed by atoms with Gasteiger partial charge in [-0.2, -0.15) is 0 Å². The number of Topliss-reactive ketones (excluding diaryl/α,β-unsaturated/α-hetero) is 1. The average molecular weight is 556 g/mol. The molecule has 40 heavy (non-hydrogen) atoms. The van der Waals surface area contributed by atoms with E-state index in [1.54, 1.807) is 30.3 Å². The van der Waals surface area contributed by atoms with Crippen molar-refractivity contribution in [2.24, 2.45) is 0 Å². The number of ether oxygens (including phenoxy) is 3. The molecule has 1 unspecified atom stereocenters. The number of benzene rings is 3. The first-order valence-electron chi connectivity index (χ1n) is 12.4. The number of rotatable bonds is 8. The van der Waals surface area contributed by atoms with Gasteiger partial charge < -0.3 is 24.2 Å². The van der Waals surface area contributed by atoms with Gasteiger partial charge in [-0.3, -0.25) is 9.59 Å². The number of likely N-dealkylation sites (tertiary alicyclic amines) is 1. The highest BCUT2D eigenvalue weighted by Gasteiger charge is 2.46. The maximum atomic E-state index is 13.4.